The van der Waals surface area contributed by atoms with Crippen molar-refractivity contribution in [1.29, 1.82) is 0 Å². The number of hydrogen-bond acceptors (Lipinski definition) is 3. The number of hydrogen-bond donors (Lipinski definition) is 1. The van der Waals surface area contributed by atoms with Gasteiger partial charge in [0.25, 0.3) is 0 Å². The van der Waals surface area contributed by atoms with Gasteiger partial charge in [-0.1, -0.05) is 0 Å². The summed E-state index contributed by atoms with van der Waals surface area (Å²) in [6, 6.07) is 4.00. The number of anilines is 1. The second-order valence-corrected chi connectivity index (χ2v) is 3.24. The fourth-order valence-electron chi connectivity index (χ4n) is 1.25. The SMILES string of the molecule is Cc1cncc(NCc2ccoc2)c1. The maximum atomic E-state index is 4.97. The summed E-state index contributed by atoms with van der Waals surface area (Å²) in [5, 5.41) is 3.27. The van der Waals surface area contributed by atoms with Crippen molar-refractivity contribution in [2.75, 3.05) is 5.32 Å². The molecular formula is C11H12N2O. The van der Waals surface area contributed by atoms with E-state index in [0.717, 1.165) is 23.4 Å². The van der Waals surface area contributed by atoms with Crippen molar-refractivity contribution in [3.05, 3.63) is 48.2 Å². The van der Waals surface area contributed by atoms with Crippen LogP contribution in [0.4, 0.5) is 5.69 Å². The van der Waals surface area contributed by atoms with E-state index in [1.807, 2.05) is 25.4 Å². The van der Waals surface area contributed by atoms with Crippen molar-refractivity contribution >= 4 is 5.69 Å². The van der Waals surface area contributed by atoms with Gasteiger partial charge in [0.1, 0.15) is 0 Å². The van der Waals surface area contributed by atoms with Gasteiger partial charge < -0.3 is 9.73 Å². The van der Waals surface area contributed by atoms with Crippen molar-refractivity contribution < 1.29 is 4.42 Å². The molecular weight excluding hydrogens is 176 g/mol. The van der Waals surface area contributed by atoms with E-state index in [1.165, 1.54) is 0 Å². The van der Waals surface area contributed by atoms with Gasteiger partial charge in [-0.15, -0.1) is 0 Å². The number of nitrogens with one attached hydrogen (secondary N) is 1. The van der Waals surface area contributed by atoms with Crippen LogP contribution in [-0.4, -0.2) is 4.98 Å². The third-order valence-corrected chi connectivity index (χ3v) is 1.95. The molecule has 0 saturated heterocycles. The van der Waals surface area contributed by atoms with Gasteiger partial charge in [0, 0.05) is 24.5 Å². The highest BCUT2D eigenvalue weighted by atomic mass is 16.3. The molecule has 0 aliphatic rings. The quantitative estimate of drug-likeness (QED) is 0.804. The molecule has 0 saturated carbocycles. The summed E-state index contributed by atoms with van der Waals surface area (Å²) in [5.41, 5.74) is 3.32. The van der Waals surface area contributed by atoms with Gasteiger partial charge in [0.05, 0.1) is 18.2 Å². The highest BCUT2D eigenvalue weighted by Crippen LogP contribution is 2.09. The van der Waals surface area contributed by atoms with Crippen molar-refractivity contribution in [2.45, 2.75) is 13.5 Å². The minimum atomic E-state index is 0.766. The first kappa shape index (κ1) is 8.81. The Hall–Kier alpha value is -1.77. The summed E-state index contributed by atoms with van der Waals surface area (Å²) < 4.78 is 4.97. The number of aryl methyl sites for hydroxylation is 1. The van der Waals surface area contributed by atoms with Crippen molar-refractivity contribution in [1.82, 2.24) is 4.98 Å². The molecule has 2 aromatic rings. The molecule has 0 bridgehead atoms. The van der Waals surface area contributed by atoms with Crippen LogP contribution in [0.5, 0.6) is 0 Å². The van der Waals surface area contributed by atoms with E-state index in [1.54, 1.807) is 12.5 Å². The fourth-order valence-corrected chi connectivity index (χ4v) is 1.25. The average molecular weight is 188 g/mol. The van der Waals surface area contributed by atoms with Gasteiger partial charge in [-0.05, 0) is 24.6 Å². The Balaban J connectivity index is 1.98. The van der Waals surface area contributed by atoms with Crippen molar-refractivity contribution in [3.63, 3.8) is 0 Å². The number of aromatic nitrogens is 1. The summed E-state index contributed by atoms with van der Waals surface area (Å²) >= 11 is 0. The number of furan rings is 1. The van der Waals surface area contributed by atoms with Crippen LogP contribution in [0.2, 0.25) is 0 Å². The molecule has 0 aliphatic heterocycles. The molecule has 3 heteroatoms. The summed E-state index contributed by atoms with van der Waals surface area (Å²) in [4.78, 5) is 4.10. The smallest absolute Gasteiger partial charge is 0.0952 e. The zero-order chi connectivity index (χ0) is 9.80. The molecule has 2 aromatic heterocycles. The number of rotatable bonds is 3. The molecule has 0 unspecified atom stereocenters. The van der Waals surface area contributed by atoms with Crippen LogP contribution in [0.15, 0.2) is 41.5 Å². The van der Waals surface area contributed by atoms with Gasteiger partial charge in [-0.3, -0.25) is 4.98 Å². The first-order valence-electron chi connectivity index (χ1n) is 4.51. The molecule has 0 aromatic carbocycles. The molecule has 0 atom stereocenters. The lowest BCUT2D eigenvalue weighted by atomic mass is 10.3. The van der Waals surface area contributed by atoms with Gasteiger partial charge >= 0.3 is 0 Å². The highest BCUT2D eigenvalue weighted by molar-refractivity contribution is 5.42. The summed E-state index contributed by atoms with van der Waals surface area (Å²) in [5.74, 6) is 0. The standard InChI is InChI=1S/C11H12N2O/c1-9-4-11(7-12-5-9)13-6-10-2-3-14-8-10/h2-5,7-8,13H,6H2,1H3. The van der Waals surface area contributed by atoms with E-state index in [9.17, 15) is 0 Å². The summed E-state index contributed by atoms with van der Waals surface area (Å²) in [6.45, 7) is 2.79. The Morgan fingerprint density at radius 3 is 3.07 bits per heavy atom. The predicted octanol–water partition coefficient (Wildman–Crippen LogP) is 2.60. The van der Waals surface area contributed by atoms with Crippen LogP contribution in [-0.2, 0) is 6.54 Å². The summed E-state index contributed by atoms with van der Waals surface area (Å²) in [6.07, 6.45) is 7.05. The molecule has 0 spiro atoms. The van der Waals surface area contributed by atoms with Crippen LogP contribution < -0.4 is 5.32 Å². The third-order valence-electron chi connectivity index (χ3n) is 1.95. The van der Waals surface area contributed by atoms with E-state index in [0.29, 0.717) is 0 Å². The average Bonchev–Trinajstić information content (AvgIpc) is 2.67. The monoisotopic (exact) mass is 188 g/mol. The van der Waals surface area contributed by atoms with Crippen molar-refractivity contribution in [2.24, 2.45) is 0 Å². The van der Waals surface area contributed by atoms with Crippen molar-refractivity contribution in [3.8, 4) is 0 Å². The Bertz CT molecular complexity index is 395. The van der Waals surface area contributed by atoms with Crippen LogP contribution in [0, 0.1) is 6.92 Å². The lowest BCUT2D eigenvalue weighted by Crippen LogP contribution is -1.98. The Morgan fingerprint density at radius 1 is 1.43 bits per heavy atom. The summed E-state index contributed by atoms with van der Waals surface area (Å²) in [7, 11) is 0. The zero-order valence-corrected chi connectivity index (χ0v) is 8.03. The minimum absolute atomic E-state index is 0.766. The Kier molecular flexibility index (Phi) is 2.49. The van der Waals surface area contributed by atoms with E-state index in [-0.39, 0.29) is 0 Å². The molecule has 0 amide bonds. The molecule has 2 rings (SSSR count). The Morgan fingerprint density at radius 2 is 2.36 bits per heavy atom. The van der Waals surface area contributed by atoms with Crippen LogP contribution in [0.25, 0.3) is 0 Å². The molecule has 0 aliphatic carbocycles. The first-order valence-corrected chi connectivity index (χ1v) is 4.51. The topological polar surface area (TPSA) is 38.1 Å². The van der Waals surface area contributed by atoms with Crippen LogP contribution in [0.3, 0.4) is 0 Å². The van der Waals surface area contributed by atoms with Gasteiger partial charge in [0.2, 0.25) is 0 Å². The molecule has 72 valence electrons. The molecule has 3 nitrogen and oxygen atoms in total. The highest BCUT2D eigenvalue weighted by Gasteiger charge is 1.95. The van der Waals surface area contributed by atoms with Gasteiger partial charge in [0.15, 0.2) is 0 Å². The first-order chi connectivity index (χ1) is 6.84. The van der Waals surface area contributed by atoms with E-state index in [2.05, 4.69) is 16.4 Å². The van der Waals surface area contributed by atoms with Gasteiger partial charge in [-0.25, -0.2) is 0 Å². The predicted molar refractivity (Wildman–Crippen MR) is 55.0 cm³/mol. The van der Waals surface area contributed by atoms with E-state index < -0.39 is 0 Å². The fraction of sp³-hybridized carbons (Fsp3) is 0.182. The lowest BCUT2D eigenvalue weighted by molar-refractivity contribution is 0.564. The van der Waals surface area contributed by atoms with Gasteiger partial charge in [-0.2, -0.15) is 0 Å². The number of pyridine rings is 1. The normalized spacial score (nSPS) is 10.1. The zero-order valence-electron chi connectivity index (χ0n) is 8.03. The van der Waals surface area contributed by atoms with Crippen LogP contribution >= 0.6 is 0 Å². The second-order valence-electron chi connectivity index (χ2n) is 3.24. The second kappa shape index (κ2) is 3.96. The maximum absolute atomic E-state index is 4.97. The van der Waals surface area contributed by atoms with E-state index >= 15 is 0 Å². The molecule has 0 fully saturated rings. The molecule has 14 heavy (non-hydrogen) atoms. The lowest BCUT2D eigenvalue weighted by Gasteiger charge is -2.04. The molecule has 2 heterocycles. The van der Waals surface area contributed by atoms with E-state index in [4.69, 9.17) is 4.42 Å². The minimum Gasteiger partial charge on any atom is -0.472 e. The third kappa shape index (κ3) is 2.13. The molecule has 1 N–H and O–H groups in total. The maximum Gasteiger partial charge on any atom is 0.0952 e. The Labute approximate surface area is 82.8 Å². The van der Waals surface area contributed by atoms with Crippen LogP contribution in [0.1, 0.15) is 11.1 Å². The largest absolute Gasteiger partial charge is 0.472 e. The molecule has 0 radical (unpaired) electrons. The number of nitrogens with zero attached hydrogens (tertiary/aromatic N) is 1.